The van der Waals surface area contributed by atoms with Crippen molar-refractivity contribution in [1.82, 2.24) is 10.2 Å². The maximum Gasteiger partial charge on any atom is 0.247 e. The highest BCUT2D eigenvalue weighted by molar-refractivity contribution is 6.30. The molecular formula is C26H27ClN2O2. The van der Waals surface area contributed by atoms with Gasteiger partial charge in [0.05, 0.1) is 0 Å². The molecule has 3 rings (SSSR count). The van der Waals surface area contributed by atoms with Gasteiger partial charge in [0, 0.05) is 24.5 Å². The normalized spacial score (nSPS) is 11.5. The Kier molecular flexibility index (Phi) is 8.25. The van der Waals surface area contributed by atoms with E-state index in [1.807, 2.05) is 79.7 Å². The number of hydrogen-bond donors (Lipinski definition) is 1. The molecule has 0 radical (unpaired) electrons. The molecule has 160 valence electrons. The first kappa shape index (κ1) is 22.6. The zero-order chi connectivity index (χ0) is 22.1. The Hall–Kier alpha value is -3.11. The summed E-state index contributed by atoms with van der Waals surface area (Å²) >= 11 is 6.01. The average molecular weight is 435 g/mol. The van der Waals surface area contributed by atoms with E-state index in [1.165, 1.54) is 0 Å². The molecule has 3 aromatic carbocycles. The molecule has 5 heteroatoms. The number of rotatable bonds is 9. The number of halogens is 1. The lowest BCUT2D eigenvalue weighted by atomic mass is 10.0. The van der Waals surface area contributed by atoms with Gasteiger partial charge < -0.3 is 10.2 Å². The van der Waals surface area contributed by atoms with Gasteiger partial charge in [-0.25, -0.2) is 0 Å². The van der Waals surface area contributed by atoms with Crippen molar-refractivity contribution >= 4 is 23.4 Å². The second-order valence-electron chi connectivity index (χ2n) is 7.34. The van der Waals surface area contributed by atoms with Crippen LogP contribution in [0.25, 0.3) is 0 Å². The second-order valence-corrected chi connectivity index (χ2v) is 7.78. The predicted octanol–water partition coefficient (Wildman–Crippen LogP) is 5.18. The van der Waals surface area contributed by atoms with Gasteiger partial charge in [-0.3, -0.25) is 9.59 Å². The van der Waals surface area contributed by atoms with Crippen LogP contribution in [-0.4, -0.2) is 23.3 Å². The number of nitrogens with one attached hydrogen (secondary N) is 1. The Morgan fingerprint density at radius 3 is 2.10 bits per heavy atom. The van der Waals surface area contributed by atoms with Gasteiger partial charge in [-0.2, -0.15) is 0 Å². The van der Waals surface area contributed by atoms with Crippen LogP contribution < -0.4 is 5.32 Å². The van der Waals surface area contributed by atoms with E-state index in [9.17, 15) is 9.59 Å². The van der Waals surface area contributed by atoms with E-state index in [1.54, 1.807) is 17.0 Å². The summed E-state index contributed by atoms with van der Waals surface area (Å²) in [6, 6.07) is 26.1. The molecule has 1 atom stereocenters. The van der Waals surface area contributed by atoms with E-state index in [0.29, 0.717) is 24.5 Å². The summed E-state index contributed by atoms with van der Waals surface area (Å²) in [6.07, 6.45) is 1.04. The van der Waals surface area contributed by atoms with Crippen LogP contribution in [0.1, 0.15) is 36.1 Å². The maximum absolute atomic E-state index is 13.3. The summed E-state index contributed by atoms with van der Waals surface area (Å²) in [5.41, 5.74) is 2.86. The molecule has 0 saturated carbocycles. The molecule has 0 aliphatic carbocycles. The standard InChI is InChI=1S/C26H27ClN2O2/c1-2-24(30)29(19-21-13-15-23(27)16-14-21)25(22-11-7-4-8-12-22)26(31)28-18-17-20-9-5-3-6-10-20/h3-16,25H,2,17-19H2,1H3,(H,28,31). The van der Waals surface area contributed by atoms with Crippen molar-refractivity contribution in [3.05, 3.63) is 107 Å². The fourth-order valence-corrected chi connectivity index (χ4v) is 3.62. The lowest BCUT2D eigenvalue weighted by Crippen LogP contribution is -2.43. The maximum atomic E-state index is 13.3. The number of hydrogen-bond acceptors (Lipinski definition) is 2. The Labute approximate surface area is 188 Å². The molecule has 31 heavy (non-hydrogen) atoms. The molecular weight excluding hydrogens is 408 g/mol. The largest absolute Gasteiger partial charge is 0.354 e. The van der Waals surface area contributed by atoms with Gasteiger partial charge in [0.1, 0.15) is 6.04 Å². The van der Waals surface area contributed by atoms with Crippen molar-refractivity contribution < 1.29 is 9.59 Å². The Balaban J connectivity index is 1.83. The zero-order valence-electron chi connectivity index (χ0n) is 17.6. The van der Waals surface area contributed by atoms with Crippen molar-refractivity contribution in [3.63, 3.8) is 0 Å². The number of amides is 2. The number of carbonyl (C=O) groups excluding carboxylic acids is 2. The van der Waals surface area contributed by atoms with Crippen LogP contribution in [0.4, 0.5) is 0 Å². The smallest absolute Gasteiger partial charge is 0.247 e. The summed E-state index contributed by atoms with van der Waals surface area (Å²) in [4.78, 5) is 27.9. The van der Waals surface area contributed by atoms with Gasteiger partial charge in [-0.15, -0.1) is 0 Å². The summed E-state index contributed by atoms with van der Waals surface area (Å²) in [6.45, 7) is 2.64. The molecule has 0 saturated heterocycles. The first-order valence-electron chi connectivity index (χ1n) is 10.5. The predicted molar refractivity (Wildman–Crippen MR) is 125 cm³/mol. The fourth-order valence-electron chi connectivity index (χ4n) is 3.49. The minimum absolute atomic E-state index is 0.0815. The number of nitrogens with zero attached hydrogens (tertiary/aromatic N) is 1. The molecule has 3 aromatic rings. The monoisotopic (exact) mass is 434 g/mol. The Morgan fingerprint density at radius 2 is 1.48 bits per heavy atom. The number of benzene rings is 3. The van der Waals surface area contributed by atoms with Crippen LogP contribution in [0.3, 0.4) is 0 Å². The molecule has 0 aromatic heterocycles. The first-order chi connectivity index (χ1) is 15.1. The van der Waals surface area contributed by atoms with Crippen LogP contribution in [0, 0.1) is 0 Å². The minimum Gasteiger partial charge on any atom is -0.354 e. The Bertz CT molecular complexity index is 975. The van der Waals surface area contributed by atoms with Crippen molar-refractivity contribution in [2.24, 2.45) is 0 Å². The third-order valence-corrected chi connectivity index (χ3v) is 5.37. The molecule has 0 aliphatic heterocycles. The molecule has 2 amide bonds. The molecule has 0 spiro atoms. The molecule has 1 N–H and O–H groups in total. The highest BCUT2D eigenvalue weighted by Gasteiger charge is 2.30. The third-order valence-electron chi connectivity index (χ3n) is 5.12. The lowest BCUT2D eigenvalue weighted by molar-refractivity contribution is -0.141. The van der Waals surface area contributed by atoms with Crippen molar-refractivity contribution in [3.8, 4) is 0 Å². The van der Waals surface area contributed by atoms with Crippen molar-refractivity contribution in [2.75, 3.05) is 6.54 Å². The van der Waals surface area contributed by atoms with Gasteiger partial charge in [-0.1, -0.05) is 91.3 Å². The van der Waals surface area contributed by atoms with Gasteiger partial charge in [0.15, 0.2) is 0 Å². The van der Waals surface area contributed by atoms with Crippen LogP contribution in [0.5, 0.6) is 0 Å². The lowest BCUT2D eigenvalue weighted by Gasteiger charge is -2.31. The van der Waals surface area contributed by atoms with Crippen molar-refractivity contribution in [1.29, 1.82) is 0 Å². The van der Waals surface area contributed by atoms with Crippen LogP contribution in [0.15, 0.2) is 84.9 Å². The topological polar surface area (TPSA) is 49.4 Å². The molecule has 4 nitrogen and oxygen atoms in total. The fraction of sp³-hybridized carbons (Fsp3) is 0.231. The molecule has 0 fully saturated rings. The average Bonchev–Trinajstić information content (AvgIpc) is 2.81. The number of carbonyl (C=O) groups is 2. The van der Waals surface area contributed by atoms with Gasteiger partial charge >= 0.3 is 0 Å². The highest BCUT2D eigenvalue weighted by Crippen LogP contribution is 2.25. The van der Waals surface area contributed by atoms with Crippen LogP contribution in [-0.2, 0) is 22.6 Å². The van der Waals surface area contributed by atoms with E-state index < -0.39 is 6.04 Å². The van der Waals surface area contributed by atoms with E-state index in [0.717, 1.165) is 23.1 Å². The molecule has 0 aliphatic rings. The van der Waals surface area contributed by atoms with E-state index in [2.05, 4.69) is 5.32 Å². The quantitative estimate of drug-likeness (QED) is 0.504. The highest BCUT2D eigenvalue weighted by atomic mass is 35.5. The molecule has 1 unspecified atom stereocenters. The Morgan fingerprint density at radius 1 is 0.871 bits per heavy atom. The zero-order valence-corrected chi connectivity index (χ0v) is 18.4. The van der Waals surface area contributed by atoms with Crippen LogP contribution >= 0.6 is 11.6 Å². The molecule has 0 heterocycles. The molecule has 0 bridgehead atoms. The van der Waals surface area contributed by atoms with E-state index >= 15 is 0 Å². The van der Waals surface area contributed by atoms with E-state index in [4.69, 9.17) is 11.6 Å². The van der Waals surface area contributed by atoms with Gasteiger partial charge in [0.2, 0.25) is 11.8 Å². The van der Waals surface area contributed by atoms with Crippen LogP contribution in [0.2, 0.25) is 5.02 Å². The third kappa shape index (κ3) is 6.43. The van der Waals surface area contributed by atoms with Gasteiger partial charge in [-0.05, 0) is 35.2 Å². The summed E-state index contributed by atoms with van der Waals surface area (Å²) in [5.74, 6) is -0.264. The SMILES string of the molecule is CCC(=O)N(Cc1ccc(Cl)cc1)C(C(=O)NCCc1ccccc1)c1ccccc1. The first-order valence-corrected chi connectivity index (χ1v) is 10.9. The summed E-state index contributed by atoms with van der Waals surface area (Å²) in [5, 5.41) is 3.66. The van der Waals surface area contributed by atoms with Crippen molar-refractivity contribution in [2.45, 2.75) is 32.4 Å². The van der Waals surface area contributed by atoms with Gasteiger partial charge in [0.25, 0.3) is 0 Å². The minimum atomic E-state index is -0.708. The van der Waals surface area contributed by atoms with E-state index in [-0.39, 0.29) is 11.8 Å². The summed E-state index contributed by atoms with van der Waals surface area (Å²) in [7, 11) is 0. The summed E-state index contributed by atoms with van der Waals surface area (Å²) < 4.78 is 0. The second kappa shape index (κ2) is 11.3.